The fourth-order valence-electron chi connectivity index (χ4n) is 3.56. The first kappa shape index (κ1) is 21.6. The molecule has 0 unspecified atom stereocenters. The Morgan fingerprint density at radius 2 is 1.97 bits per heavy atom. The summed E-state index contributed by atoms with van der Waals surface area (Å²) in [6, 6.07) is 10.1. The number of benzene rings is 1. The summed E-state index contributed by atoms with van der Waals surface area (Å²) < 4.78 is 7.28. The van der Waals surface area contributed by atoms with Crippen LogP contribution in [0.2, 0.25) is 0 Å². The van der Waals surface area contributed by atoms with Crippen molar-refractivity contribution in [2.75, 3.05) is 13.7 Å². The van der Waals surface area contributed by atoms with E-state index in [0.717, 1.165) is 5.56 Å². The van der Waals surface area contributed by atoms with Gasteiger partial charge in [0, 0.05) is 13.6 Å². The van der Waals surface area contributed by atoms with Crippen LogP contribution in [0.5, 0.6) is 0 Å². The first-order valence-corrected chi connectivity index (χ1v) is 10.0. The largest absolute Gasteiger partial charge is 0.480 e. The predicted octanol–water partition coefficient (Wildman–Crippen LogP) is 2.44. The normalized spacial score (nSPS) is 15.0. The van der Waals surface area contributed by atoms with E-state index in [-0.39, 0.29) is 18.6 Å². The zero-order chi connectivity index (χ0) is 21.8. The van der Waals surface area contributed by atoms with Crippen molar-refractivity contribution >= 4 is 17.8 Å². The van der Waals surface area contributed by atoms with Gasteiger partial charge in [0.15, 0.2) is 0 Å². The number of amides is 2. The smallest absolute Gasteiger partial charge is 0.326 e. The Bertz CT molecular complexity index is 938. The summed E-state index contributed by atoms with van der Waals surface area (Å²) in [6.07, 6.45) is 0.715. The van der Waals surface area contributed by atoms with Crippen LogP contribution >= 0.6 is 0 Å². The van der Waals surface area contributed by atoms with Gasteiger partial charge in [-0.25, -0.2) is 4.79 Å². The molecule has 1 aromatic heterocycles. The van der Waals surface area contributed by atoms with Crippen LogP contribution < -0.4 is 5.32 Å². The van der Waals surface area contributed by atoms with E-state index in [2.05, 4.69) is 5.32 Å². The Morgan fingerprint density at radius 3 is 2.60 bits per heavy atom. The third kappa shape index (κ3) is 4.23. The summed E-state index contributed by atoms with van der Waals surface area (Å²) in [4.78, 5) is 38.5. The van der Waals surface area contributed by atoms with Gasteiger partial charge >= 0.3 is 5.97 Å². The van der Waals surface area contributed by atoms with Crippen LogP contribution in [-0.2, 0) is 22.7 Å². The quantitative estimate of drug-likeness (QED) is 0.726. The van der Waals surface area contributed by atoms with Gasteiger partial charge in [0.2, 0.25) is 0 Å². The molecule has 2 amide bonds. The van der Waals surface area contributed by atoms with Gasteiger partial charge in [0.05, 0.1) is 30.5 Å². The van der Waals surface area contributed by atoms with E-state index in [1.54, 1.807) is 10.6 Å². The molecule has 2 N–H and O–H groups in total. The highest BCUT2D eigenvalue weighted by Crippen LogP contribution is 2.24. The second-order valence-electron chi connectivity index (χ2n) is 7.37. The van der Waals surface area contributed by atoms with E-state index in [1.807, 2.05) is 37.3 Å². The predicted molar refractivity (Wildman–Crippen MR) is 110 cm³/mol. The van der Waals surface area contributed by atoms with Gasteiger partial charge in [-0.2, -0.15) is 0 Å². The molecule has 0 fully saturated rings. The maximum absolute atomic E-state index is 13.1. The number of carboxylic acids is 1. The first-order valence-electron chi connectivity index (χ1n) is 10.0. The molecule has 3 rings (SSSR count). The molecule has 8 heteroatoms. The molecular formula is C22H27N3O5. The van der Waals surface area contributed by atoms with Crippen molar-refractivity contribution < 1.29 is 24.2 Å². The Hall–Kier alpha value is -3.13. The third-order valence-electron chi connectivity index (χ3n) is 5.54. The molecule has 1 aromatic carbocycles. The summed E-state index contributed by atoms with van der Waals surface area (Å²) in [7, 11) is 1.45. The summed E-state index contributed by atoms with van der Waals surface area (Å²) in [5.74, 6) is -1.82. The summed E-state index contributed by atoms with van der Waals surface area (Å²) in [6.45, 7) is 4.50. The number of fused-ring (bicyclic) bond motifs is 1. The number of carboxylic acid groups (broad SMARTS) is 1. The molecule has 0 saturated heterocycles. The number of carbonyl (C=O) groups is 3. The third-order valence-corrected chi connectivity index (χ3v) is 5.54. The zero-order valence-electron chi connectivity index (χ0n) is 17.4. The molecule has 1 aliphatic rings. The molecule has 160 valence electrons. The minimum absolute atomic E-state index is 0.160. The monoisotopic (exact) mass is 413 g/mol. The molecule has 30 heavy (non-hydrogen) atoms. The Labute approximate surface area is 175 Å². The maximum Gasteiger partial charge on any atom is 0.326 e. The number of aliphatic carboxylic acids is 1. The van der Waals surface area contributed by atoms with Crippen molar-refractivity contribution in [3.63, 3.8) is 0 Å². The van der Waals surface area contributed by atoms with Gasteiger partial charge in [-0.15, -0.1) is 0 Å². The fourth-order valence-corrected chi connectivity index (χ4v) is 3.56. The molecule has 0 saturated carbocycles. The maximum atomic E-state index is 13.1. The van der Waals surface area contributed by atoms with Crippen molar-refractivity contribution in [1.82, 2.24) is 14.8 Å². The topological polar surface area (TPSA) is 101 Å². The van der Waals surface area contributed by atoms with Crippen LogP contribution in [0.25, 0.3) is 0 Å². The lowest BCUT2D eigenvalue weighted by Gasteiger charge is -2.24. The Balaban J connectivity index is 1.91. The summed E-state index contributed by atoms with van der Waals surface area (Å²) in [5.41, 5.74) is 2.30. The van der Waals surface area contributed by atoms with Crippen molar-refractivity contribution in [1.29, 1.82) is 0 Å². The molecule has 2 heterocycles. The number of likely N-dealkylation sites (N-methyl/N-ethyl adjacent to an activating group) is 1. The van der Waals surface area contributed by atoms with Crippen LogP contribution in [0.4, 0.5) is 0 Å². The number of nitrogens with one attached hydrogen (secondary N) is 1. The molecule has 0 spiro atoms. The standard InChI is InChI=1S/C22H27N3O5/c1-4-17(15-8-6-5-7-9-15)23-20(26)16-12-18(25-10-11-30-13-19(16)25)21(27)24(3)14(2)22(28)29/h5-9,12,14,17H,4,10-11,13H2,1-3H3,(H,23,26)(H,28,29)/t14-,17+/m0/s1. The average molecular weight is 413 g/mol. The first-order chi connectivity index (χ1) is 14.3. The van der Waals surface area contributed by atoms with Crippen LogP contribution in [0.1, 0.15) is 58.4 Å². The number of hydrogen-bond donors (Lipinski definition) is 2. The lowest BCUT2D eigenvalue weighted by atomic mass is 10.0. The lowest BCUT2D eigenvalue weighted by molar-refractivity contribution is -0.141. The fraction of sp³-hybridized carbons (Fsp3) is 0.409. The molecular weight excluding hydrogens is 386 g/mol. The van der Waals surface area contributed by atoms with E-state index in [4.69, 9.17) is 4.74 Å². The van der Waals surface area contributed by atoms with Crippen LogP contribution in [0.3, 0.4) is 0 Å². The van der Waals surface area contributed by atoms with Gasteiger partial charge in [-0.05, 0) is 25.0 Å². The zero-order valence-corrected chi connectivity index (χ0v) is 17.4. The van der Waals surface area contributed by atoms with Crippen LogP contribution in [-0.4, -0.2) is 52.1 Å². The Kier molecular flexibility index (Phi) is 6.56. The molecule has 2 aromatic rings. The SMILES string of the molecule is CC[C@@H](NC(=O)c1cc(C(=O)N(C)[C@@H](C)C(=O)O)n2c1COCC2)c1ccccc1. The highest BCUT2D eigenvalue weighted by molar-refractivity contribution is 6.01. The van der Waals surface area contributed by atoms with Gasteiger partial charge in [0.25, 0.3) is 11.8 Å². The minimum atomic E-state index is -1.09. The molecule has 2 atom stereocenters. The average Bonchev–Trinajstić information content (AvgIpc) is 3.16. The molecule has 0 radical (unpaired) electrons. The van der Waals surface area contributed by atoms with Gasteiger partial charge in [-0.3, -0.25) is 9.59 Å². The van der Waals surface area contributed by atoms with Crippen molar-refractivity contribution in [3.05, 3.63) is 58.9 Å². The van der Waals surface area contributed by atoms with Crippen molar-refractivity contribution in [2.24, 2.45) is 0 Å². The number of nitrogens with zero attached hydrogens (tertiary/aromatic N) is 2. The van der Waals surface area contributed by atoms with Crippen molar-refractivity contribution in [3.8, 4) is 0 Å². The van der Waals surface area contributed by atoms with E-state index < -0.39 is 17.9 Å². The lowest BCUT2D eigenvalue weighted by Crippen LogP contribution is -2.41. The number of aromatic nitrogens is 1. The van der Waals surface area contributed by atoms with Gasteiger partial charge in [-0.1, -0.05) is 37.3 Å². The van der Waals surface area contributed by atoms with E-state index in [1.165, 1.54) is 18.9 Å². The van der Waals surface area contributed by atoms with Crippen molar-refractivity contribution in [2.45, 2.75) is 45.5 Å². The minimum Gasteiger partial charge on any atom is -0.480 e. The number of ether oxygens (including phenoxy) is 1. The number of hydrogen-bond acceptors (Lipinski definition) is 4. The molecule has 0 bridgehead atoms. The summed E-state index contributed by atoms with van der Waals surface area (Å²) >= 11 is 0. The highest BCUT2D eigenvalue weighted by Gasteiger charge is 2.30. The van der Waals surface area contributed by atoms with Gasteiger partial charge < -0.3 is 24.6 Å². The van der Waals surface area contributed by atoms with Crippen LogP contribution in [0.15, 0.2) is 36.4 Å². The van der Waals surface area contributed by atoms with Crippen LogP contribution in [0, 0.1) is 0 Å². The van der Waals surface area contributed by atoms with E-state index in [9.17, 15) is 19.5 Å². The highest BCUT2D eigenvalue weighted by atomic mass is 16.5. The number of carbonyl (C=O) groups excluding carboxylic acids is 2. The number of rotatable bonds is 7. The molecule has 8 nitrogen and oxygen atoms in total. The van der Waals surface area contributed by atoms with Gasteiger partial charge in [0.1, 0.15) is 11.7 Å². The van der Waals surface area contributed by atoms with E-state index >= 15 is 0 Å². The molecule has 0 aliphatic carbocycles. The second kappa shape index (κ2) is 9.13. The Morgan fingerprint density at radius 1 is 1.27 bits per heavy atom. The molecule has 1 aliphatic heterocycles. The van der Waals surface area contributed by atoms with E-state index in [0.29, 0.717) is 36.5 Å². The summed E-state index contributed by atoms with van der Waals surface area (Å²) in [5, 5.41) is 12.3. The second-order valence-corrected chi connectivity index (χ2v) is 7.37.